The molecular weight excluding hydrogens is 254 g/mol. The van der Waals surface area contributed by atoms with Crippen LogP contribution in [0.4, 0.5) is 11.6 Å². The Morgan fingerprint density at radius 2 is 2.00 bits per heavy atom. The molecular formula is C14H23N5O. The lowest BCUT2D eigenvalue weighted by molar-refractivity contribution is -0.126. The number of anilines is 2. The normalized spacial score (nSPS) is 18.3. The summed E-state index contributed by atoms with van der Waals surface area (Å²) in [5.74, 6) is 2.16. The van der Waals surface area contributed by atoms with Gasteiger partial charge in [0.25, 0.3) is 0 Å². The van der Waals surface area contributed by atoms with E-state index in [0.717, 1.165) is 11.4 Å². The summed E-state index contributed by atoms with van der Waals surface area (Å²) in [6.07, 6.45) is 0. The third-order valence-electron chi connectivity index (χ3n) is 3.80. The molecule has 0 spiro atoms. The van der Waals surface area contributed by atoms with Gasteiger partial charge >= 0.3 is 0 Å². The number of aromatic nitrogens is 2. The first-order valence-corrected chi connectivity index (χ1v) is 6.95. The molecule has 1 aliphatic rings. The minimum Gasteiger partial charge on any atom is -0.383 e. The van der Waals surface area contributed by atoms with Crippen LogP contribution in [0.1, 0.15) is 45.0 Å². The lowest BCUT2D eigenvalue weighted by atomic mass is 9.98. The largest absolute Gasteiger partial charge is 0.383 e. The fraction of sp³-hybridized carbons (Fsp3) is 0.643. The van der Waals surface area contributed by atoms with Gasteiger partial charge < -0.3 is 16.0 Å². The van der Waals surface area contributed by atoms with Crippen molar-refractivity contribution in [1.29, 1.82) is 0 Å². The summed E-state index contributed by atoms with van der Waals surface area (Å²) in [6.45, 7) is 11.1. The molecule has 0 aromatic carbocycles. The third kappa shape index (κ3) is 2.30. The quantitative estimate of drug-likeness (QED) is 0.848. The summed E-state index contributed by atoms with van der Waals surface area (Å²) < 4.78 is 0. The lowest BCUT2D eigenvalue weighted by Gasteiger charge is -2.42. The van der Waals surface area contributed by atoms with E-state index in [1.807, 2.05) is 39.5 Å². The van der Waals surface area contributed by atoms with E-state index in [4.69, 9.17) is 5.73 Å². The summed E-state index contributed by atoms with van der Waals surface area (Å²) in [7, 11) is 0. The Labute approximate surface area is 119 Å². The van der Waals surface area contributed by atoms with E-state index in [2.05, 4.69) is 15.3 Å². The first-order chi connectivity index (χ1) is 9.25. The Kier molecular flexibility index (Phi) is 3.58. The second-order valence-corrected chi connectivity index (χ2v) is 6.04. The number of hydrogen-bond donors (Lipinski definition) is 2. The number of nitrogens with one attached hydrogen (secondary N) is 1. The molecule has 1 aliphatic heterocycles. The number of nitrogens with zero attached hydrogens (tertiary/aromatic N) is 3. The highest BCUT2D eigenvalue weighted by Gasteiger charge is 2.39. The van der Waals surface area contributed by atoms with Crippen LogP contribution in [0.2, 0.25) is 0 Å². The number of amides is 1. The highest BCUT2D eigenvalue weighted by molar-refractivity contribution is 5.90. The van der Waals surface area contributed by atoms with Crippen molar-refractivity contribution in [2.24, 2.45) is 0 Å². The molecule has 1 amide bonds. The Balaban J connectivity index is 2.53. The predicted octanol–water partition coefficient (Wildman–Crippen LogP) is 1.21. The molecule has 2 rings (SSSR count). The molecule has 1 aromatic rings. The molecule has 6 heteroatoms. The maximum atomic E-state index is 12.1. The van der Waals surface area contributed by atoms with Crippen molar-refractivity contribution in [3.63, 3.8) is 0 Å². The van der Waals surface area contributed by atoms with Gasteiger partial charge in [0, 0.05) is 24.6 Å². The summed E-state index contributed by atoms with van der Waals surface area (Å²) >= 11 is 0. The van der Waals surface area contributed by atoms with Crippen molar-refractivity contribution in [2.45, 2.75) is 46.1 Å². The Hall–Kier alpha value is -1.85. The molecule has 0 bridgehead atoms. The number of carbonyl (C=O) groups is 1. The second-order valence-electron chi connectivity index (χ2n) is 6.04. The highest BCUT2D eigenvalue weighted by atomic mass is 16.2. The van der Waals surface area contributed by atoms with Crippen molar-refractivity contribution >= 4 is 17.5 Å². The number of rotatable bonds is 2. The van der Waals surface area contributed by atoms with E-state index in [9.17, 15) is 4.79 Å². The van der Waals surface area contributed by atoms with Crippen molar-refractivity contribution in [2.75, 3.05) is 23.7 Å². The summed E-state index contributed by atoms with van der Waals surface area (Å²) in [5, 5.41) is 2.89. The minimum absolute atomic E-state index is 0.00595. The maximum absolute atomic E-state index is 12.1. The molecule has 6 nitrogen and oxygen atoms in total. The van der Waals surface area contributed by atoms with Gasteiger partial charge in [-0.3, -0.25) is 4.79 Å². The van der Waals surface area contributed by atoms with E-state index in [0.29, 0.717) is 24.7 Å². The monoisotopic (exact) mass is 277 g/mol. The van der Waals surface area contributed by atoms with Crippen LogP contribution in [-0.4, -0.2) is 34.5 Å². The van der Waals surface area contributed by atoms with E-state index in [1.165, 1.54) is 0 Å². The van der Waals surface area contributed by atoms with E-state index in [1.54, 1.807) is 0 Å². The topological polar surface area (TPSA) is 84.1 Å². The summed E-state index contributed by atoms with van der Waals surface area (Å²) in [6, 6.07) is 0. The smallest absolute Gasteiger partial charge is 0.245 e. The molecule has 20 heavy (non-hydrogen) atoms. The van der Waals surface area contributed by atoms with Gasteiger partial charge in [-0.25, -0.2) is 9.97 Å². The first-order valence-electron chi connectivity index (χ1n) is 6.95. The van der Waals surface area contributed by atoms with Gasteiger partial charge in [0.1, 0.15) is 23.0 Å². The number of nitrogen functional groups attached to an aromatic ring is 1. The Morgan fingerprint density at radius 3 is 2.60 bits per heavy atom. The predicted molar refractivity (Wildman–Crippen MR) is 79.7 cm³/mol. The molecule has 1 aromatic heterocycles. The molecule has 0 unspecified atom stereocenters. The van der Waals surface area contributed by atoms with E-state index < -0.39 is 5.54 Å². The molecule has 0 saturated carbocycles. The molecule has 110 valence electrons. The van der Waals surface area contributed by atoms with Crippen molar-refractivity contribution in [3.05, 3.63) is 11.4 Å². The molecule has 2 heterocycles. The van der Waals surface area contributed by atoms with E-state index >= 15 is 0 Å². The van der Waals surface area contributed by atoms with Gasteiger partial charge in [0.2, 0.25) is 5.91 Å². The SMILES string of the molecule is Cc1c(N)nc(C(C)C)nc1N1CCNC(=O)C1(C)C. The van der Waals surface area contributed by atoms with Gasteiger partial charge in [-0.2, -0.15) is 0 Å². The number of carbonyl (C=O) groups excluding carboxylic acids is 1. The second kappa shape index (κ2) is 4.92. The van der Waals surface area contributed by atoms with Gasteiger partial charge in [-0.15, -0.1) is 0 Å². The van der Waals surface area contributed by atoms with Crippen LogP contribution in [0.3, 0.4) is 0 Å². The van der Waals surface area contributed by atoms with Gasteiger partial charge in [-0.1, -0.05) is 13.8 Å². The van der Waals surface area contributed by atoms with Crippen LogP contribution >= 0.6 is 0 Å². The Bertz CT molecular complexity index is 539. The van der Waals surface area contributed by atoms with Gasteiger partial charge in [-0.05, 0) is 20.8 Å². The molecule has 0 atom stereocenters. The van der Waals surface area contributed by atoms with E-state index in [-0.39, 0.29) is 11.8 Å². The fourth-order valence-corrected chi connectivity index (χ4v) is 2.33. The van der Waals surface area contributed by atoms with Crippen molar-refractivity contribution < 1.29 is 4.79 Å². The zero-order valence-electron chi connectivity index (χ0n) is 12.8. The summed E-state index contributed by atoms with van der Waals surface area (Å²) in [4.78, 5) is 23.1. The Morgan fingerprint density at radius 1 is 1.35 bits per heavy atom. The van der Waals surface area contributed by atoms with Crippen LogP contribution in [0, 0.1) is 6.92 Å². The molecule has 0 radical (unpaired) electrons. The zero-order chi connectivity index (χ0) is 15.1. The van der Waals surface area contributed by atoms with Crippen molar-refractivity contribution in [3.8, 4) is 0 Å². The molecule has 1 fully saturated rings. The zero-order valence-corrected chi connectivity index (χ0v) is 12.8. The molecule has 0 aliphatic carbocycles. The number of nitrogens with two attached hydrogens (primary N) is 1. The lowest BCUT2D eigenvalue weighted by Crippen LogP contribution is -2.62. The average molecular weight is 277 g/mol. The fourth-order valence-electron chi connectivity index (χ4n) is 2.33. The average Bonchev–Trinajstić information content (AvgIpc) is 2.36. The van der Waals surface area contributed by atoms with Gasteiger partial charge in [0.05, 0.1) is 0 Å². The minimum atomic E-state index is -0.641. The molecule has 3 N–H and O–H groups in total. The summed E-state index contributed by atoms with van der Waals surface area (Å²) in [5.41, 5.74) is 6.20. The van der Waals surface area contributed by atoms with Crippen LogP contribution in [0.25, 0.3) is 0 Å². The van der Waals surface area contributed by atoms with Crippen LogP contribution in [0.5, 0.6) is 0 Å². The first kappa shape index (κ1) is 14.6. The standard InChI is InChI=1S/C14H23N5O/c1-8(2)11-17-10(15)9(3)12(18-11)19-7-6-16-13(20)14(19,4)5/h8H,6-7H2,1-5H3,(H,16,20)(H2,15,17,18). The van der Waals surface area contributed by atoms with Gasteiger partial charge in [0.15, 0.2) is 0 Å². The maximum Gasteiger partial charge on any atom is 0.245 e. The van der Waals surface area contributed by atoms with Crippen LogP contribution in [0.15, 0.2) is 0 Å². The number of hydrogen-bond acceptors (Lipinski definition) is 5. The molecule has 1 saturated heterocycles. The van der Waals surface area contributed by atoms with Crippen molar-refractivity contribution in [1.82, 2.24) is 15.3 Å². The number of piperazine rings is 1. The van der Waals surface area contributed by atoms with Crippen LogP contribution in [-0.2, 0) is 4.79 Å². The highest BCUT2D eigenvalue weighted by Crippen LogP contribution is 2.30. The third-order valence-corrected chi connectivity index (χ3v) is 3.80. The van der Waals surface area contributed by atoms with Crippen LogP contribution < -0.4 is 16.0 Å².